The van der Waals surface area contributed by atoms with Gasteiger partial charge in [0.05, 0.1) is 17.7 Å². The maximum atomic E-state index is 12.7. The summed E-state index contributed by atoms with van der Waals surface area (Å²) in [5, 5.41) is 9.25. The van der Waals surface area contributed by atoms with E-state index in [9.17, 15) is 14.7 Å². The molecule has 1 aliphatic heterocycles. The minimum Gasteiger partial charge on any atom is -0.478 e. The molecule has 0 radical (unpaired) electrons. The van der Waals surface area contributed by atoms with E-state index in [2.05, 4.69) is 0 Å². The monoisotopic (exact) mass is 281 g/mol. The molecular weight excluding hydrogens is 266 g/mol. The first-order chi connectivity index (χ1) is 10.1. The molecule has 1 amide bonds. The van der Waals surface area contributed by atoms with Gasteiger partial charge in [0, 0.05) is 5.69 Å². The zero-order valence-corrected chi connectivity index (χ0v) is 11.7. The number of benzene rings is 2. The molecular formula is C17H15NO3. The minimum atomic E-state index is -1.06. The zero-order chi connectivity index (χ0) is 15.0. The van der Waals surface area contributed by atoms with Crippen molar-refractivity contribution in [2.45, 2.75) is 19.9 Å². The number of fused-ring (bicyclic) bond motifs is 1. The fraction of sp³-hybridized carbons (Fsp3) is 0.176. The minimum absolute atomic E-state index is 0.0778. The van der Waals surface area contributed by atoms with Crippen LogP contribution in [0.3, 0.4) is 0 Å². The molecule has 2 aromatic carbocycles. The lowest BCUT2D eigenvalue weighted by atomic mass is 10.0. The van der Waals surface area contributed by atoms with E-state index in [0.717, 1.165) is 23.2 Å². The van der Waals surface area contributed by atoms with Gasteiger partial charge in [0.15, 0.2) is 0 Å². The maximum Gasteiger partial charge on any atom is 0.336 e. The normalized spacial score (nSPS) is 13.4. The predicted molar refractivity (Wildman–Crippen MR) is 79.7 cm³/mol. The molecule has 0 spiro atoms. The molecule has 0 fully saturated rings. The van der Waals surface area contributed by atoms with Gasteiger partial charge in [0.25, 0.3) is 5.91 Å². The van der Waals surface area contributed by atoms with E-state index in [-0.39, 0.29) is 11.5 Å². The van der Waals surface area contributed by atoms with Crippen LogP contribution in [0.1, 0.15) is 38.8 Å². The van der Waals surface area contributed by atoms with Gasteiger partial charge in [-0.2, -0.15) is 0 Å². The third kappa shape index (κ3) is 2.09. The fourth-order valence-electron chi connectivity index (χ4n) is 2.81. The Morgan fingerprint density at radius 2 is 1.95 bits per heavy atom. The highest BCUT2D eigenvalue weighted by Gasteiger charge is 2.33. The van der Waals surface area contributed by atoms with Crippen molar-refractivity contribution in [2.75, 3.05) is 4.90 Å². The van der Waals surface area contributed by atoms with Gasteiger partial charge in [-0.1, -0.05) is 37.3 Å². The van der Waals surface area contributed by atoms with Gasteiger partial charge in [0.2, 0.25) is 0 Å². The first kappa shape index (κ1) is 13.4. The van der Waals surface area contributed by atoms with Crippen LogP contribution in [0.5, 0.6) is 0 Å². The lowest BCUT2D eigenvalue weighted by molar-refractivity contribution is 0.0692. The Morgan fingerprint density at radius 1 is 1.19 bits per heavy atom. The van der Waals surface area contributed by atoms with Crippen LogP contribution in [-0.2, 0) is 13.0 Å². The van der Waals surface area contributed by atoms with E-state index in [0.29, 0.717) is 12.1 Å². The highest BCUT2D eigenvalue weighted by atomic mass is 16.4. The molecule has 0 aromatic heterocycles. The quantitative estimate of drug-likeness (QED) is 0.940. The summed E-state index contributed by atoms with van der Waals surface area (Å²) in [6, 6.07) is 12.7. The van der Waals surface area contributed by atoms with E-state index in [4.69, 9.17) is 0 Å². The fourth-order valence-corrected chi connectivity index (χ4v) is 2.81. The number of aryl methyl sites for hydroxylation is 1. The largest absolute Gasteiger partial charge is 0.478 e. The molecule has 0 saturated heterocycles. The first-order valence-electron chi connectivity index (χ1n) is 6.88. The summed E-state index contributed by atoms with van der Waals surface area (Å²) in [7, 11) is 0. The molecule has 106 valence electrons. The van der Waals surface area contributed by atoms with E-state index >= 15 is 0 Å². The van der Waals surface area contributed by atoms with E-state index in [1.54, 1.807) is 11.0 Å². The Morgan fingerprint density at radius 3 is 2.67 bits per heavy atom. The summed E-state index contributed by atoms with van der Waals surface area (Å²) in [6.45, 7) is 2.46. The summed E-state index contributed by atoms with van der Waals surface area (Å²) in [6.07, 6.45) is 0.822. The number of nitrogens with zero attached hydrogens (tertiary/aromatic N) is 1. The van der Waals surface area contributed by atoms with Crippen LogP contribution in [0, 0.1) is 0 Å². The topological polar surface area (TPSA) is 57.6 Å². The van der Waals surface area contributed by atoms with E-state index < -0.39 is 5.97 Å². The van der Waals surface area contributed by atoms with Crippen LogP contribution in [0.4, 0.5) is 5.69 Å². The summed E-state index contributed by atoms with van der Waals surface area (Å²) in [5.41, 5.74) is 3.10. The molecule has 3 rings (SSSR count). The molecule has 0 aliphatic carbocycles. The van der Waals surface area contributed by atoms with Crippen molar-refractivity contribution in [3.8, 4) is 0 Å². The number of amides is 1. The molecule has 0 unspecified atom stereocenters. The number of hydrogen-bond acceptors (Lipinski definition) is 2. The van der Waals surface area contributed by atoms with Gasteiger partial charge in [-0.15, -0.1) is 0 Å². The van der Waals surface area contributed by atoms with Crippen LogP contribution in [-0.4, -0.2) is 17.0 Å². The number of aromatic carboxylic acids is 1. The van der Waals surface area contributed by atoms with Gasteiger partial charge in [-0.3, -0.25) is 4.79 Å². The smallest absolute Gasteiger partial charge is 0.336 e. The number of hydrogen-bond donors (Lipinski definition) is 1. The number of para-hydroxylation sites is 1. The van der Waals surface area contributed by atoms with Crippen molar-refractivity contribution in [3.05, 3.63) is 64.7 Å². The summed E-state index contributed by atoms with van der Waals surface area (Å²) in [5.74, 6) is -1.30. The molecule has 1 heterocycles. The first-order valence-corrected chi connectivity index (χ1v) is 6.88. The van der Waals surface area contributed by atoms with Gasteiger partial charge in [0.1, 0.15) is 0 Å². The van der Waals surface area contributed by atoms with Crippen molar-refractivity contribution < 1.29 is 14.7 Å². The van der Waals surface area contributed by atoms with Crippen molar-refractivity contribution >= 4 is 17.6 Å². The Bertz CT molecular complexity index is 737. The molecule has 4 heteroatoms. The molecule has 0 atom stereocenters. The summed E-state index contributed by atoms with van der Waals surface area (Å²) < 4.78 is 0. The van der Waals surface area contributed by atoms with Gasteiger partial charge in [-0.05, 0) is 29.7 Å². The number of carboxylic acid groups (broad SMARTS) is 1. The Labute approximate surface area is 122 Å². The average molecular weight is 281 g/mol. The van der Waals surface area contributed by atoms with Crippen LogP contribution < -0.4 is 4.90 Å². The highest BCUT2D eigenvalue weighted by molar-refractivity contribution is 6.15. The number of carbonyl (C=O) groups excluding carboxylic acids is 1. The van der Waals surface area contributed by atoms with Gasteiger partial charge in [-0.25, -0.2) is 4.79 Å². The summed E-state index contributed by atoms with van der Waals surface area (Å²) >= 11 is 0. The Kier molecular flexibility index (Phi) is 3.22. The standard InChI is InChI=1S/C17H15NO3/c1-2-11-6-3-4-9-14(11)18-10-12-7-5-8-13(17(20)21)15(12)16(18)19/h3-9H,2,10H2,1H3,(H,20,21). The van der Waals surface area contributed by atoms with Crippen LogP contribution in [0.25, 0.3) is 0 Å². The molecule has 4 nitrogen and oxygen atoms in total. The number of rotatable bonds is 3. The number of carboxylic acids is 1. The second kappa shape index (κ2) is 5.05. The van der Waals surface area contributed by atoms with Gasteiger partial charge >= 0.3 is 5.97 Å². The molecule has 0 bridgehead atoms. The van der Waals surface area contributed by atoms with Crippen LogP contribution in [0.15, 0.2) is 42.5 Å². The maximum absolute atomic E-state index is 12.7. The van der Waals surface area contributed by atoms with E-state index in [1.807, 2.05) is 37.3 Å². The molecule has 1 N–H and O–H groups in total. The van der Waals surface area contributed by atoms with Gasteiger partial charge < -0.3 is 10.0 Å². The van der Waals surface area contributed by atoms with Crippen molar-refractivity contribution in [3.63, 3.8) is 0 Å². The lowest BCUT2D eigenvalue weighted by Gasteiger charge is -2.19. The number of anilines is 1. The van der Waals surface area contributed by atoms with Crippen molar-refractivity contribution in [1.29, 1.82) is 0 Å². The third-order valence-corrected chi connectivity index (χ3v) is 3.83. The predicted octanol–water partition coefficient (Wildman–Crippen LogP) is 3.11. The molecule has 2 aromatic rings. The van der Waals surface area contributed by atoms with Crippen LogP contribution >= 0.6 is 0 Å². The zero-order valence-electron chi connectivity index (χ0n) is 11.7. The van der Waals surface area contributed by atoms with Crippen molar-refractivity contribution in [2.24, 2.45) is 0 Å². The Hall–Kier alpha value is -2.62. The van der Waals surface area contributed by atoms with Crippen LogP contribution in [0.2, 0.25) is 0 Å². The molecule has 21 heavy (non-hydrogen) atoms. The lowest BCUT2D eigenvalue weighted by Crippen LogP contribution is -2.25. The second-order valence-electron chi connectivity index (χ2n) is 5.02. The van der Waals surface area contributed by atoms with Crippen molar-refractivity contribution in [1.82, 2.24) is 0 Å². The number of carbonyl (C=O) groups is 2. The molecule has 0 saturated carbocycles. The Balaban J connectivity index is 2.09. The SMILES string of the molecule is CCc1ccccc1N1Cc2cccc(C(=O)O)c2C1=O. The third-order valence-electron chi connectivity index (χ3n) is 3.83. The molecule has 1 aliphatic rings. The summed E-state index contributed by atoms with van der Waals surface area (Å²) in [4.78, 5) is 25.6. The average Bonchev–Trinajstić information content (AvgIpc) is 2.84. The second-order valence-corrected chi connectivity index (χ2v) is 5.02. The van der Waals surface area contributed by atoms with E-state index in [1.165, 1.54) is 6.07 Å². The highest BCUT2D eigenvalue weighted by Crippen LogP contribution is 2.32.